The van der Waals surface area contributed by atoms with E-state index in [1.807, 2.05) is 30.3 Å². The van der Waals surface area contributed by atoms with E-state index in [0.29, 0.717) is 5.69 Å². The van der Waals surface area contributed by atoms with Crippen LogP contribution >= 0.6 is 0 Å². The lowest BCUT2D eigenvalue weighted by Crippen LogP contribution is -2.36. The predicted octanol–water partition coefficient (Wildman–Crippen LogP) is 0.772. The Morgan fingerprint density at radius 2 is 1.79 bits per heavy atom. The molecule has 1 N–H and O–H groups in total. The summed E-state index contributed by atoms with van der Waals surface area (Å²) in [5, 5.41) is 11.4. The van der Waals surface area contributed by atoms with Gasteiger partial charge in [-0.15, -0.1) is 0 Å². The van der Waals surface area contributed by atoms with Gasteiger partial charge >= 0.3 is 0 Å². The highest BCUT2D eigenvalue weighted by atomic mass is 16.2. The minimum Gasteiger partial charge on any atom is -0.353 e. The van der Waals surface area contributed by atoms with Gasteiger partial charge in [-0.1, -0.05) is 30.3 Å². The standard InChI is InChI=1S/C21H21N5O3/c27-19(22-11-12-25-21(29)13-16-7-4-8-17(16)23-25)14-26-20(28)10-9-18(24-26)15-5-2-1-3-6-15/h1-3,5-6,9-10,13H,4,7-8,11-12,14H2,(H,22,27). The smallest absolute Gasteiger partial charge is 0.267 e. The molecule has 0 radical (unpaired) electrons. The second-order valence-corrected chi connectivity index (χ2v) is 6.96. The molecule has 1 aromatic carbocycles. The van der Waals surface area contributed by atoms with E-state index in [9.17, 15) is 14.4 Å². The third kappa shape index (κ3) is 4.31. The summed E-state index contributed by atoms with van der Waals surface area (Å²) in [4.78, 5) is 36.4. The van der Waals surface area contributed by atoms with E-state index in [-0.39, 0.29) is 36.7 Å². The van der Waals surface area contributed by atoms with Crippen LogP contribution in [0.5, 0.6) is 0 Å². The van der Waals surface area contributed by atoms with Crippen molar-refractivity contribution < 1.29 is 4.79 Å². The Labute approximate surface area is 166 Å². The molecule has 0 spiro atoms. The van der Waals surface area contributed by atoms with Crippen LogP contribution < -0.4 is 16.4 Å². The molecule has 8 nitrogen and oxygen atoms in total. The molecule has 2 heterocycles. The van der Waals surface area contributed by atoms with Crippen molar-refractivity contribution in [1.82, 2.24) is 24.9 Å². The van der Waals surface area contributed by atoms with Crippen molar-refractivity contribution in [1.29, 1.82) is 0 Å². The minimum atomic E-state index is -0.351. The van der Waals surface area contributed by atoms with Crippen molar-refractivity contribution in [3.63, 3.8) is 0 Å². The zero-order valence-electron chi connectivity index (χ0n) is 15.9. The number of carbonyl (C=O) groups is 1. The summed E-state index contributed by atoms with van der Waals surface area (Å²) in [5.74, 6) is -0.348. The average Bonchev–Trinajstić information content (AvgIpc) is 3.17. The first-order chi connectivity index (χ1) is 14.1. The molecule has 29 heavy (non-hydrogen) atoms. The molecule has 0 bridgehead atoms. The fraction of sp³-hybridized carbons (Fsp3) is 0.286. The number of aromatic nitrogens is 4. The van der Waals surface area contributed by atoms with Gasteiger partial charge < -0.3 is 5.32 Å². The number of fused-ring (bicyclic) bond motifs is 1. The zero-order chi connectivity index (χ0) is 20.2. The molecule has 0 fully saturated rings. The second kappa shape index (κ2) is 8.22. The number of aryl methyl sites for hydroxylation is 2. The van der Waals surface area contributed by atoms with Gasteiger partial charge in [0, 0.05) is 24.2 Å². The summed E-state index contributed by atoms with van der Waals surface area (Å²) < 4.78 is 2.52. The quantitative estimate of drug-likeness (QED) is 0.669. The van der Waals surface area contributed by atoms with Crippen LogP contribution in [0, 0.1) is 0 Å². The highest BCUT2D eigenvalue weighted by Crippen LogP contribution is 2.16. The molecule has 8 heteroatoms. The normalized spacial score (nSPS) is 12.6. The minimum absolute atomic E-state index is 0.159. The molecule has 0 atom stereocenters. The topological polar surface area (TPSA) is 98.9 Å². The highest BCUT2D eigenvalue weighted by Gasteiger charge is 2.14. The van der Waals surface area contributed by atoms with Crippen molar-refractivity contribution in [2.75, 3.05) is 6.54 Å². The Bertz CT molecular complexity index is 1150. The first-order valence-corrected chi connectivity index (χ1v) is 9.60. The number of rotatable bonds is 6. The molecule has 1 aliphatic rings. The zero-order valence-corrected chi connectivity index (χ0v) is 15.9. The van der Waals surface area contributed by atoms with E-state index in [0.717, 1.165) is 40.8 Å². The van der Waals surface area contributed by atoms with Crippen molar-refractivity contribution >= 4 is 5.91 Å². The SMILES string of the molecule is O=C(Cn1nc(-c2ccccc2)ccc1=O)NCCn1nc2c(cc1=O)CCC2. The molecule has 148 valence electrons. The second-order valence-electron chi connectivity index (χ2n) is 6.96. The lowest BCUT2D eigenvalue weighted by Gasteiger charge is -2.10. The Kier molecular flexibility index (Phi) is 5.33. The Balaban J connectivity index is 1.38. The summed E-state index contributed by atoms with van der Waals surface area (Å²) in [7, 11) is 0. The maximum Gasteiger partial charge on any atom is 0.267 e. The third-order valence-corrected chi connectivity index (χ3v) is 4.90. The molecule has 1 amide bonds. The molecule has 0 aliphatic heterocycles. The highest BCUT2D eigenvalue weighted by molar-refractivity contribution is 5.75. The summed E-state index contributed by atoms with van der Waals surface area (Å²) in [6.07, 6.45) is 2.81. The first-order valence-electron chi connectivity index (χ1n) is 9.60. The lowest BCUT2D eigenvalue weighted by atomic mass is 10.1. The van der Waals surface area contributed by atoms with E-state index < -0.39 is 0 Å². The van der Waals surface area contributed by atoms with Crippen molar-refractivity contribution in [2.45, 2.75) is 32.4 Å². The van der Waals surface area contributed by atoms with Gasteiger partial charge in [0.05, 0.1) is 17.9 Å². The number of nitrogens with one attached hydrogen (secondary N) is 1. The van der Waals surface area contributed by atoms with E-state index >= 15 is 0 Å². The van der Waals surface area contributed by atoms with E-state index in [2.05, 4.69) is 15.5 Å². The average molecular weight is 391 g/mol. The Morgan fingerprint density at radius 1 is 0.966 bits per heavy atom. The lowest BCUT2D eigenvalue weighted by molar-refractivity contribution is -0.121. The van der Waals surface area contributed by atoms with E-state index in [1.165, 1.54) is 10.7 Å². The number of amides is 1. The molecule has 0 saturated heterocycles. The van der Waals surface area contributed by atoms with Gasteiger partial charge in [-0.05, 0) is 30.9 Å². The summed E-state index contributed by atoms with van der Waals surface area (Å²) in [6, 6.07) is 14.1. The number of benzene rings is 1. The molecular formula is C21H21N5O3. The van der Waals surface area contributed by atoms with Crippen molar-refractivity contribution in [3.8, 4) is 11.3 Å². The fourth-order valence-corrected chi connectivity index (χ4v) is 3.42. The largest absolute Gasteiger partial charge is 0.353 e. The summed E-state index contributed by atoms with van der Waals surface area (Å²) >= 11 is 0. The van der Waals surface area contributed by atoms with E-state index in [1.54, 1.807) is 12.1 Å². The van der Waals surface area contributed by atoms with Gasteiger partial charge in [0.25, 0.3) is 11.1 Å². The van der Waals surface area contributed by atoms with E-state index in [4.69, 9.17) is 0 Å². The van der Waals surface area contributed by atoms with Crippen LogP contribution in [-0.4, -0.2) is 32.0 Å². The van der Waals surface area contributed by atoms with Gasteiger partial charge in [0.15, 0.2) is 0 Å². The van der Waals surface area contributed by atoms with Crippen molar-refractivity contribution in [2.24, 2.45) is 0 Å². The van der Waals surface area contributed by atoms with Crippen LogP contribution in [0.1, 0.15) is 17.7 Å². The molecule has 2 aromatic heterocycles. The van der Waals surface area contributed by atoms with Crippen LogP contribution in [0.25, 0.3) is 11.3 Å². The van der Waals surface area contributed by atoms with Gasteiger partial charge in [-0.3, -0.25) is 14.4 Å². The summed E-state index contributed by atoms with van der Waals surface area (Å²) in [6.45, 7) is 0.341. The van der Waals surface area contributed by atoms with Crippen LogP contribution in [-0.2, 0) is 30.7 Å². The maximum atomic E-state index is 12.3. The molecule has 3 aromatic rings. The van der Waals surface area contributed by atoms with Crippen LogP contribution in [0.3, 0.4) is 0 Å². The molecule has 4 rings (SSSR count). The number of hydrogen-bond acceptors (Lipinski definition) is 5. The molecule has 0 unspecified atom stereocenters. The van der Waals surface area contributed by atoms with Gasteiger partial charge in [0.1, 0.15) is 6.54 Å². The van der Waals surface area contributed by atoms with Gasteiger partial charge in [-0.2, -0.15) is 10.2 Å². The van der Waals surface area contributed by atoms with Gasteiger partial charge in [0.2, 0.25) is 5.91 Å². The number of nitrogens with zero attached hydrogens (tertiary/aromatic N) is 4. The van der Waals surface area contributed by atoms with Crippen LogP contribution in [0.15, 0.2) is 58.1 Å². The van der Waals surface area contributed by atoms with Crippen LogP contribution in [0.2, 0.25) is 0 Å². The number of hydrogen-bond donors (Lipinski definition) is 1. The Morgan fingerprint density at radius 3 is 2.62 bits per heavy atom. The first kappa shape index (κ1) is 18.8. The fourth-order valence-electron chi connectivity index (χ4n) is 3.42. The molecular weight excluding hydrogens is 370 g/mol. The van der Waals surface area contributed by atoms with Gasteiger partial charge in [-0.25, -0.2) is 9.36 Å². The maximum absolute atomic E-state index is 12.3. The molecule has 1 aliphatic carbocycles. The predicted molar refractivity (Wildman–Crippen MR) is 107 cm³/mol. The van der Waals surface area contributed by atoms with Crippen LogP contribution in [0.4, 0.5) is 0 Å². The Hall–Kier alpha value is -3.55. The third-order valence-electron chi connectivity index (χ3n) is 4.90. The molecule has 0 saturated carbocycles. The summed E-state index contributed by atoms with van der Waals surface area (Å²) in [5.41, 5.74) is 2.96. The monoisotopic (exact) mass is 391 g/mol. The number of carbonyl (C=O) groups excluding carboxylic acids is 1. The van der Waals surface area contributed by atoms with Crippen molar-refractivity contribution in [3.05, 3.63) is 80.5 Å².